The van der Waals surface area contributed by atoms with E-state index in [1.165, 1.54) is 11.1 Å². The molecule has 0 N–H and O–H groups in total. The van der Waals surface area contributed by atoms with E-state index in [0.717, 1.165) is 72.7 Å². The molecule has 2 atom stereocenters. The fourth-order valence-electron chi connectivity index (χ4n) is 3.38. The van der Waals surface area contributed by atoms with Crippen LogP contribution < -0.4 is 9.47 Å². The van der Waals surface area contributed by atoms with Crippen molar-refractivity contribution < 1.29 is 9.47 Å². The molecule has 0 spiro atoms. The molecule has 2 aromatic carbocycles. The van der Waals surface area contributed by atoms with Crippen LogP contribution in [-0.4, -0.2) is 35.2 Å². The average Bonchev–Trinajstić information content (AvgIpc) is 2.77. The Morgan fingerprint density at radius 1 is 0.688 bits per heavy atom. The largest absolute Gasteiger partial charge is 0.493 e. The molecule has 0 radical (unpaired) electrons. The predicted molar refractivity (Wildman–Crippen MR) is 153 cm³/mol. The third-order valence-corrected chi connectivity index (χ3v) is 6.36. The molecule has 0 aliphatic heterocycles. The maximum atomic E-state index is 6.24. The molecule has 2 unspecified atom stereocenters. The van der Waals surface area contributed by atoms with Crippen LogP contribution in [0.4, 0.5) is 0 Å². The van der Waals surface area contributed by atoms with E-state index in [4.69, 9.17) is 9.47 Å². The average molecular weight is 511 g/mol. The summed E-state index contributed by atoms with van der Waals surface area (Å²) in [6, 6.07) is 13.1. The van der Waals surface area contributed by atoms with Crippen LogP contribution in [-0.2, 0) is 12.8 Å². The van der Waals surface area contributed by atoms with Crippen molar-refractivity contribution in [1.29, 1.82) is 0 Å². The molecule has 0 amide bonds. The Kier molecular flexibility index (Phi) is 13.3. The van der Waals surface area contributed by atoms with Crippen molar-refractivity contribution in [1.82, 2.24) is 0 Å². The van der Waals surface area contributed by atoms with Gasteiger partial charge in [0.2, 0.25) is 0 Å². The van der Waals surface area contributed by atoms with Gasteiger partial charge in [-0.3, -0.25) is 0 Å². The molecule has 0 fully saturated rings. The Balaban J connectivity index is 2.44. The first-order valence-electron chi connectivity index (χ1n) is 11.5. The molecule has 2 nitrogen and oxygen atoms in total. The maximum absolute atomic E-state index is 6.24. The minimum absolute atomic E-state index is 0.305. The van der Waals surface area contributed by atoms with Crippen molar-refractivity contribution in [3.05, 3.63) is 47.5 Å². The first-order valence-corrected chi connectivity index (χ1v) is 13.8. The summed E-state index contributed by atoms with van der Waals surface area (Å²) in [6.07, 6.45) is 5.88. The van der Waals surface area contributed by atoms with E-state index in [-0.39, 0.29) is 0 Å². The van der Waals surface area contributed by atoms with Crippen molar-refractivity contribution in [2.75, 3.05) is 24.7 Å². The fraction of sp³-hybridized carbons (Fsp3) is 0.538. The summed E-state index contributed by atoms with van der Waals surface area (Å²) in [7, 11) is 0. The Bertz CT molecular complexity index is 741. The van der Waals surface area contributed by atoms with E-state index >= 15 is 0 Å². The molecule has 2 aromatic rings. The highest BCUT2D eigenvalue weighted by Gasteiger charge is 2.15. The van der Waals surface area contributed by atoms with Crippen LogP contribution in [0.2, 0.25) is 0 Å². The van der Waals surface area contributed by atoms with Crippen LogP contribution in [0, 0.1) is 0 Å². The molecule has 0 saturated carbocycles. The highest BCUT2D eigenvalue weighted by Crippen LogP contribution is 2.39. The smallest absolute Gasteiger partial charge is 0.127 e. The number of ether oxygens (including phenoxy) is 2. The summed E-state index contributed by atoms with van der Waals surface area (Å²) in [6.45, 7) is 5.46. The second-order valence-electron chi connectivity index (χ2n) is 8.29. The van der Waals surface area contributed by atoms with Crippen molar-refractivity contribution in [2.45, 2.75) is 62.9 Å². The normalized spacial score (nSPS) is 13.1. The Labute approximate surface area is 216 Å². The molecular formula is C26H38O2S4. The summed E-state index contributed by atoms with van der Waals surface area (Å²) in [5, 5.41) is 0.611. The Morgan fingerprint density at radius 3 is 1.44 bits per heavy atom. The number of thiol groups is 4. The Morgan fingerprint density at radius 2 is 1.09 bits per heavy atom. The van der Waals surface area contributed by atoms with Gasteiger partial charge in [0.15, 0.2) is 0 Å². The van der Waals surface area contributed by atoms with Gasteiger partial charge in [0.25, 0.3) is 0 Å². The Hall–Kier alpha value is -0.560. The molecule has 0 aliphatic rings. The number of benzene rings is 2. The van der Waals surface area contributed by atoms with Crippen molar-refractivity contribution in [3.63, 3.8) is 0 Å². The van der Waals surface area contributed by atoms with Gasteiger partial charge in [0.1, 0.15) is 11.5 Å². The van der Waals surface area contributed by atoms with Gasteiger partial charge in [0, 0.05) is 21.6 Å². The van der Waals surface area contributed by atoms with Crippen molar-refractivity contribution >= 4 is 50.5 Å². The topological polar surface area (TPSA) is 18.5 Å². The summed E-state index contributed by atoms with van der Waals surface area (Å²) < 4.78 is 12.5. The summed E-state index contributed by atoms with van der Waals surface area (Å²) in [5.41, 5.74) is 4.77. The highest BCUT2D eigenvalue weighted by atomic mass is 32.1. The van der Waals surface area contributed by atoms with Crippen LogP contribution in [0.3, 0.4) is 0 Å². The van der Waals surface area contributed by atoms with Crippen LogP contribution in [0.15, 0.2) is 36.4 Å². The molecule has 0 saturated heterocycles. The lowest BCUT2D eigenvalue weighted by Crippen LogP contribution is -2.06. The third-order valence-electron chi connectivity index (χ3n) is 5.21. The maximum Gasteiger partial charge on any atom is 0.127 e. The van der Waals surface area contributed by atoms with Gasteiger partial charge in [-0.1, -0.05) is 26.0 Å². The van der Waals surface area contributed by atoms with E-state index in [2.05, 4.69) is 101 Å². The van der Waals surface area contributed by atoms with E-state index in [9.17, 15) is 0 Å². The molecular weight excluding hydrogens is 473 g/mol. The van der Waals surface area contributed by atoms with Crippen LogP contribution in [0.1, 0.15) is 50.7 Å². The van der Waals surface area contributed by atoms with E-state index in [0.29, 0.717) is 23.7 Å². The fourth-order valence-corrected chi connectivity index (χ4v) is 3.91. The zero-order valence-corrected chi connectivity index (χ0v) is 22.9. The first-order chi connectivity index (χ1) is 15.4. The van der Waals surface area contributed by atoms with Gasteiger partial charge in [-0.05, 0) is 85.4 Å². The van der Waals surface area contributed by atoms with E-state index < -0.39 is 0 Å². The molecule has 0 bridgehead atoms. The molecule has 32 heavy (non-hydrogen) atoms. The number of aryl methyl sites for hydroxylation is 2. The predicted octanol–water partition coefficient (Wildman–Crippen LogP) is 7.25. The van der Waals surface area contributed by atoms with E-state index in [1.54, 1.807) is 0 Å². The lowest BCUT2D eigenvalue weighted by Gasteiger charge is -2.18. The van der Waals surface area contributed by atoms with Gasteiger partial charge < -0.3 is 9.47 Å². The number of hydrogen-bond donors (Lipinski definition) is 4. The van der Waals surface area contributed by atoms with Gasteiger partial charge in [0.05, 0.1) is 13.2 Å². The second-order valence-corrected chi connectivity index (χ2v) is 10.9. The zero-order valence-electron chi connectivity index (χ0n) is 19.3. The summed E-state index contributed by atoms with van der Waals surface area (Å²) >= 11 is 17.8. The van der Waals surface area contributed by atoms with Gasteiger partial charge in [-0.2, -0.15) is 50.5 Å². The van der Waals surface area contributed by atoms with Crippen molar-refractivity contribution in [2.24, 2.45) is 0 Å². The first kappa shape index (κ1) is 27.7. The second kappa shape index (κ2) is 15.4. The minimum Gasteiger partial charge on any atom is -0.493 e. The minimum atomic E-state index is 0.305. The third kappa shape index (κ3) is 9.74. The van der Waals surface area contributed by atoms with Crippen molar-refractivity contribution in [3.8, 4) is 22.6 Å². The monoisotopic (exact) mass is 510 g/mol. The zero-order chi connectivity index (χ0) is 23.3. The van der Waals surface area contributed by atoms with E-state index in [1.807, 2.05) is 0 Å². The van der Waals surface area contributed by atoms with Gasteiger partial charge in [-0.15, -0.1) is 0 Å². The molecule has 0 aromatic heterocycles. The summed E-state index contributed by atoms with van der Waals surface area (Å²) in [4.78, 5) is 0. The van der Waals surface area contributed by atoms with Gasteiger partial charge >= 0.3 is 0 Å². The number of hydrogen-bond acceptors (Lipinski definition) is 6. The number of rotatable bonds is 15. The molecule has 2 rings (SSSR count). The lowest BCUT2D eigenvalue weighted by atomic mass is 9.96. The van der Waals surface area contributed by atoms with Crippen LogP contribution >= 0.6 is 50.5 Å². The quantitative estimate of drug-likeness (QED) is 0.189. The lowest BCUT2D eigenvalue weighted by molar-refractivity contribution is 0.308. The standard InChI is InChI=1S/C26H38O2S4/c1-19(31)11-13-27-25-9-7-21(5-3-15-29)17-23(25)24-18-22(6-4-16-30)8-10-26(24)28-14-12-20(2)32/h7-10,17-20,29-32H,3-6,11-16H2,1-2H3. The van der Waals surface area contributed by atoms with Gasteiger partial charge in [-0.25, -0.2) is 0 Å². The van der Waals surface area contributed by atoms with Crippen LogP contribution in [0.25, 0.3) is 11.1 Å². The molecule has 0 heterocycles. The van der Waals surface area contributed by atoms with Crippen LogP contribution in [0.5, 0.6) is 11.5 Å². The SMILES string of the molecule is CC(S)CCOc1ccc(CCCS)cc1-c1cc(CCCS)ccc1OCCC(C)S. The molecule has 0 aliphatic carbocycles. The highest BCUT2D eigenvalue weighted by molar-refractivity contribution is 7.81. The summed E-state index contributed by atoms with van der Waals surface area (Å²) in [5.74, 6) is 3.55. The molecule has 178 valence electrons. The molecule has 6 heteroatoms.